The van der Waals surface area contributed by atoms with Gasteiger partial charge in [-0.25, -0.2) is 0 Å². The number of fused-ring (bicyclic) bond motifs is 1. The molecule has 2 rings (SSSR count). The highest BCUT2D eigenvalue weighted by Gasteiger charge is 2.32. The van der Waals surface area contributed by atoms with Crippen molar-refractivity contribution >= 4 is 10.8 Å². The fourth-order valence-electron chi connectivity index (χ4n) is 1.98. The molecule has 1 aromatic heterocycles. The van der Waals surface area contributed by atoms with Gasteiger partial charge in [-0.1, -0.05) is 12.1 Å². The lowest BCUT2D eigenvalue weighted by Crippen LogP contribution is -2.18. The van der Waals surface area contributed by atoms with Crippen LogP contribution in [0.5, 0.6) is 0 Å². The molecular formula is C13H13F3N2. The minimum absolute atomic E-state index is 0.141. The van der Waals surface area contributed by atoms with E-state index in [1.807, 2.05) is 0 Å². The molecule has 0 spiro atoms. The molecule has 2 nitrogen and oxygen atoms in total. The third-order valence-electron chi connectivity index (χ3n) is 2.71. The zero-order chi connectivity index (χ0) is 13.3. The Bertz CT molecular complexity index is 562. The molecule has 0 aliphatic rings. The summed E-state index contributed by atoms with van der Waals surface area (Å²) in [5.41, 5.74) is 5.65. The average molecular weight is 254 g/mol. The molecule has 1 aromatic carbocycles. The largest absolute Gasteiger partial charge is 0.417 e. The van der Waals surface area contributed by atoms with E-state index in [1.54, 1.807) is 13.0 Å². The van der Waals surface area contributed by atoms with E-state index in [1.165, 1.54) is 18.3 Å². The number of halogens is 3. The summed E-state index contributed by atoms with van der Waals surface area (Å²) in [6.45, 7) is 1.80. The summed E-state index contributed by atoms with van der Waals surface area (Å²) in [7, 11) is 0. The van der Waals surface area contributed by atoms with Gasteiger partial charge in [-0.15, -0.1) is 0 Å². The minimum Gasteiger partial charge on any atom is -0.328 e. The van der Waals surface area contributed by atoms with Crippen LogP contribution in [0.15, 0.2) is 30.5 Å². The molecule has 0 saturated heterocycles. The lowest BCUT2D eigenvalue weighted by Gasteiger charge is -2.13. The lowest BCUT2D eigenvalue weighted by atomic mass is 10.0. The number of rotatable bonds is 2. The van der Waals surface area contributed by atoms with Crippen LogP contribution in [-0.4, -0.2) is 11.0 Å². The van der Waals surface area contributed by atoms with E-state index in [-0.39, 0.29) is 11.4 Å². The summed E-state index contributed by atoms with van der Waals surface area (Å²) in [6, 6.07) is 5.38. The fraction of sp³-hybridized carbons (Fsp3) is 0.308. The van der Waals surface area contributed by atoms with Gasteiger partial charge in [-0.05, 0) is 24.4 Å². The van der Waals surface area contributed by atoms with E-state index in [0.717, 1.165) is 6.07 Å². The highest BCUT2D eigenvalue weighted by Crippen LogP contribution is 2.35. The monoisotopic (exact) mass is 254 g/mol. The average Bonchev–Trinajstić information content (AvgIpc) is 2.26. The molecule has 2 aromatic rings. The first kappa shape index (κ1) is 12.8. The lowest BCUT2D eigenvalue weighted by molar-refractivity contribution is -0.136. The fourth-order valence-corrected chi connectivity index (χ4v) is 1.98. The number of aromatic nitrogens is 1. The van der Waals surface area contributed by atoms with Crippen molar-refractivity contribution in [3.63, 3.8) is 0 Å². The molecule has 0 amide bonds. The van der Waals surface area contributed by atoms with Crippen molar-refractivity contribution in [1.82, 2.24) is 4.98 Å². The first-order valence-electron chi connectivity index (χ1n) is 5.59. The van der Waals surface area contributed by atoms with Crippen LogP contribution in [0.1, 0.15) is 18.2 Å². The van der Waals surface area contributed by atoms with E-state index in [2.05, 4.69) is 4.98 Å². The zero-order valence-electron chi connectivity index (χ0n) is 9.83. The van der Waals surface area contributed by atoms with Gasteiger partial charge < -0.3 is 5.73 Å². The molecule has 0 saturated carbocycles. The summed E-state index contributed by atoms with van der Waals surface area (Å²) in [5, 5.41) is 0.695. The van der Waals surface area contributed by atoms with E-state index < -0.39 is 11.7 Å². The maximum absolute atomic E-state index is 12.9. The predicted octanol–water partition coefficient (Wildman–Crippen LogP) is 3.14. The Morgan fingerprint density at radius 1 is 1.22 bits per heavy atom. The zero-order valence-corrected chi connectivity index (χ0v) is 9.83. The van der Waals surface area contributed by atoms with E-state index in [9.17, 15) is 13.2 Å². The van der Waals surface area contributed by atoms with E-state index >= 15 is 0 Å². The SMILES string of the molecule is CC(N)Cc1nccc2c(C(F)(F)F)cccc12. The second kappa shape index (κ2) is 4.57. The van der Waals surface area contributed by atoms with Crippen molar-refractivity contribution in [3.05, 3.63) is 41.7 Å². The summed E-state index contributed by atoms with van der Waals surface area (Å²) >= 11 is 0. The summed E-state index contributed by atoms with van der Waals surface area (Å²) in [6.07, 6.45) is -2.50. The van der Waals surface area contributed by atoms with Gasteiger partial charge in [-0.3, -0.25) is 4.98 Å². The molecule has 1 heterocycles. The van der Waals surface area contributed by atoms with Crippen LogP contribution in [-0.2, 0) is 12.6 Å². The van der Waals surface area contributed by atoms with Crippen LogP contribution in [0, 0.1) is 0 Å². The third-order valence-corrected chi connectivity index (χ3v) is 2.71. The topological polar surface area (TPSA) is 38.9 Å². The second-order valence-electron chi connectivity index (χ2n) is 4.34. The van der Waals surface area contributed by atoms with Gasteiger partial charge in [0.15, 0.2) is 0 Å². The van der Waals surface area contributed by atoms with Crippen molar-refractivity contribution in [3.8, 4) is 0 Å². The van der Waals surface area contributed by atoms with Crippen LogP contribution < -0.4 is 5.73 Å². The smallest absolute Gasteiger partial charge is 0.328 e. The predicted molar refractivity (Wildman–Crippen MR) is 64.1 cm³/mol. The van der Waals surface area contributed by atoms with Crippen molar-refractivity contribution in [2.24, 2.45) is 5.73 Å². The first-order chi connectivity index (χ1) is 8.39. The minimum atomic E-state index is -4.35. The number of benzene rings is 1. The molecule has 0 aliphatic carbocycles. The molecule has 1 atom stereocenters. The van der Waals surface area contributed by atoms with E-state index in [0.29, 0.717) is 17.5 Å². The van der Waals surface area contributed by atoms with Crippen molar-refractivity contribution in [1.29, 1.82) is 0 Å². The summed E-state index contributed by atoms with van der Waals surface area (Å²) < 4.78 is 38.6. The van der Waals surface area contributed by atoms with Gasteiger partial charge in [0.25, 0.3) is 0 Å². The van der Waals surface area contributed by atoms with Gasteiger partial charge in [-0.2, -0.15) is 13.2 Å². The maximum atomic E-state index is 12.9. The Morgan fingerprint density at radius 2 is 1.94 bits per heavy atom. The van der Waals surface area contributed by atoms with Crippen LogP contribution in [0.4, 0.5) is 13.2 Å². The van der Waals surface area contributed by atoms with Gasteiger partial charge in [0, 0.05) is 29.7 Å². The molecule has 2 N–H and O–H groups in total. The van der Waals surface area contributed by atoms with Crippen molar-refractivity contribution < 1.29 is 13.2 Å². The van der Waals surface area contributed by atoms with Crippen LogP contribution in [0.2, 0.25) is 0 Å². The number of hydrogen-bond donors (Lipinski definition) is 1. The Kier molecular flexibility index (Phi) is 3.26. The number of nitrogens with zero attached hydrogens (tertiary/aromatic N) is 1. The Morgan fingerprint density at radius 3 is 2.56 bits per heavy atom. The molecule has 96 valence electrons. The molecule has 0 bridgehead atoms. The third kappa shape index (κ3) is 2.46. The molecule has 18 heavy (non-hydrogen) atoms. The van der Waals surface area contributed by atoms with Crippen molar-refractivity contribution in [2.45, 2.75) is 25.6 Å². The first-order valence-corrected chi connectivity index (χ1v) is 5.59. The molecule has 5 heteroatoms. The normalized spacial score (nSPS) is 13.8. The number of nitrogens with two attached hydrogens (primary N) is 1. The van der Waals surface area contributed by atoms with E-state index in [4.69, 9.17) is 5.73 Å². The number of hydrogen-bond acceptors (Lipinski definition) is 2. The molecule has 1 unspecified atom stereocenters. The Labute approximate surface area is 103 Å². The number of pyridine rings is 1. The quantitative estimate of drug-likeness (QED) is 0.894. The van der Waals surface area contributed by atoms with Gasteiger partial charge in [0.1, 0.15) is 0 Å². The Balaban J connectivity index is 2.66. The standard InChI is InChI=1S/C13H13F3N2/c1-8(17)7-12-10-3-2-4-11(13(14,15)16)9(10)5-6-18-12/h2-6,8H,7,17H2,1H3. The van der Waals surface area contributed by atoms with Crippen LogP contribution in [0.25, 0.3) is 10.8 Å². The second-order valence-corrected chi connectivity index (χ2v) is 4.34. The van der Waals surface area contributed by atoms with Gasteiger partial charge in [0.2, 0.25) is 0 Å². The maximum Gasteiger partial charge on any atom is 0.417 e. The molecule has 0 aliphatic heterocycles. The van der Waals surface area contributed by atoms with Crippen molar-refractivity contribution in [2.75, 3.05) is 0 Å². The van der Waals surface area contributed by atoms with Gasteiger partial charge >= 0.3 is 6.18 Å². The molecule has 0 radical (unpaired) electrons. The van der Waals surface area contributed by atoms with Crippen LogP contribution in [0.3, 0.4) is 0 Å². The van der Waals surface area contributed by atoms with Crippen LogP contribution >= 0.6 is 0 Å². The van der Waals surface area contributed by atoms with Gasteiger partial charge in [0.05, 0.1) is 5.56 Å². The highest BCUT2D eigenvalue weighted by molar-refractivity contribution is 5.87. The number of alkyl halides is 3. The molecule has 0 fully saturated rings. The highest BCUT2D eigenvalue weighted by atomic mass is 19.4. The summed E-state index contributed by atoms with van der Waals surface area (Å²) in [5.74, 6) is 0. The Hall–Kier alpha value is -1.62. The molecular weight excluding hydrogens is 241 g/mol. The summed E-state index contributed by atoms with van der Waals surface area (Å²) in [4.78, 5) is 4.12.